The first-order valence-electron chi connectivity index (χ1n) is 7.34. The van der Waals surface area contributed by atoms with Gasteiger partial charge >= 0.3 is 0 Å². The standard InChI is InChI=1S/C15H17N7OS/c1-8(2)23-9-4-5-10(18-6-9)13-21-15(24-22-13)11-7-19-12(16)14(17-3)20-11/h4-8H,1-3H3,(H2,16,19)(H,17,20). The smallest absolute Gasteiger partial charge is 0.192 e. The van der Waals surface area contributed by atoms with Crippen LogP contribution in [-0.4, -0.2) is 37.5 Å². The summed E-state index contributed by atoms with van der Waals surface area (Å²) in [6.07, 6.45) is 3.35. The number of anilines is 2. The third kappa shape index (κ3) is 3.40. The first-order valence-corrected chi connectivity index (χ1v) is 8.11. The number of ether oxygens (including phenoxy) is 1. The predicted octanol–water partition coefficient (Wildman–Crippen LogP) is 2.47. The molecule has 3 N–H and O–H groups in total. The summed E-state index contributed by atoms with van der Waals surface area (Å²) in [5.41, 5.74) is 7.01. The van der Waals surface area contributed by atoms with Crippen LogP contribution in [0.2, 0.25) is 0 Å². The average Bonchev–Trinajstić information content (AvgIpc) is 3.05. The van der Waals surface area contributed by atoms with Gasteiger partial charge in [-0.25, -0.2) is 19.9 Å². The molecule has 0 atom stereocenters. The van der Waals surface area contributed by atoms with Crippen LogP contribution in [0, 0.1) is 0 Å². The fourth-order valence-electron chi connectivity index (χ4n) is 1.97. The maximum Gasteiger partial charge on any atom is 0.192 e. The molecule has 8 nitrogen and oxygen atoms in total. The highest BCUT2D eigenvalue weighted by atomic mass is 32.1. The van der Waals surface area contributed by atoms with Crippen molar-refractivity contribution >= 4 is 23.2 Å². The molecule has 0 spiro atoms. The lowest BCUT2D eigenvalue weighted by molar-refractivity contribution is 0.241. The van der Waals surface area contributed by atoms with Crippen LogP contribution in [0.25, 0.3) is 22.2 Å². The number of hydrogen-bond donors (Lipinski definition) is 2. The van der Waals surface area contributed by atoms with E-state index in [1.54, 1.807) is 19.4 Å². The second kappa shape index (κ2) is 6.75. The zero-order valence-corrected chi connectivity index (χ0v) is 14.3. The Balaban J connectivity index is 1.85. The quantitative estimate of drug-likeness (QED) is 0.726. The Morgan fingerprint density at radius 3 is 2.62 bits per heavy atom. The summed E-state index contributed by atoms with van der Waals surface area (Å²) in [7, 11) is 1.74. The molecule has 24 heavy (non-hydrogen) atoms. The SMILES string of the molecule is CNc1nc(-c2nc(-c3ccc(OC(C)C)cn3)ns2)cnc1N. The van der Waals surface area contributed by atoms with Gasteiger partial charge in [0.2, 0.25) is 0 Å². The molecule has 0 aliphatic heterocycles. The summed E-state index contributed by atoms with van der Waals surface area (Å²) in [4.78, 5) is 17.3. The number of nitrogens with one attached hydrogen (secondary N) is 1. The van der Waals surface area contributed by atoms with Crippen LogP contribution in [0.15, 0.2) is 24.5 Å². The maximum atomic E-state index is 5.73. The molecule has 124 valence electrons. The summed E-state index contributed by atoms with van der Waals surface area (Å²) in [6, 6.07) is 3.68. The average molecular weight is 343 g/mol. The molecule has 0 radical (unpaired) electrons. The van der Waals surface area contributed by atoms with Crippen LogP contribution in [0.4, 0.5) is 11.6 Å². The van der Waals surface area contributed by atoms with Gasteiger partial charge in [0, 0.05) is 7.05 Å². The molecule has 3 aromatic rings. The molecule has 0 amide bonds. The van der Waals surface area contributed by atoms with Crippen molar-refractivity contribution in [3.8, 4) is 28.0 Å². The minimum atomic E-state index is 0.104. The van der Waals surface area contributed by atoms with Crippen molar-refractivity contribution in [1.29, 1.82) is 0 Å². The number of nitrogen functional groups attached to an aromatic ring is 1. The molecule has 0 aromatic carbocycles. The zero-order chi connectivity index (χ0) is 17.1. The van der Waals surface area contributed by atoms with Crippen molar-refractivity contribution in [2.24, 2.45) is 0 Å². The van der Waals surface area contributed by atoms with Crippen LogP contribution in [-0.2, 0) is 0 Å². The van der Waals surface area contributed by atoms with E-state index in [0.29, 0.717) is 39.6 Å². The molecular weight excluding hydrogens is 326 g/mol. The largest absolute Gasteiger partial charge is 0.489 e. The van der Waals surface area contributed by atoms with Gasteiger partial charge in [0.05, 0.1) is 18.5 Å². The van der Waals surface area contributed by atoms with Gasteiger partial charge in [-0.2, -0.15) is 4.37 Å². The number of nitrogens with zero attached hydrogens (tertiary/aromatic N) is 5. The lowest BCUT2D eigenvalue weighted by atomic mass is 10.3. The summed E-state index contributed by atoms with van der Waals surface area (Å²) in [5.74, 6) is 2.11. The second-order valence-corrected chi connectivity index (χ2v) is 5.96. The van der Waals surface area contributed by atoms with Gasteiger partial charge in [0.1, 0.15) is 17.1 Å². The fraction of sp³-hybridized carbons (Fsp3) is 0.267. The Labute approximate surface area is 143 Å². The minimum absolute atomic E-state index is 0.104. The molecular formula is C15H17N7OS. The topological polar surface area (TPSA) is 112 Å². The molecule has 0 unspecified atom stereocenters. The van der Waals surface area contributed by atoms with Crippen LogP contribution < -0.4 is 15.8 Å². The summed E-state index contributed by atoms with van der Waals surface area (Å²) in [6.45, 7) is 3.94. The number of rotatable bonds is 5. The van der Waals surface area contributed by atoms with Crippen LogP contribution >= 0.6 is 11.5 Å². The van der Waals surface area contributed by atoms with Gasteiger partial charge in [-0.05, 0) is 37.5 Å². The molecule has 0 fully saturated rings. The third-order valence-corrected chi connectivity index (χ3v) is 3.76. The molecule has 3 rings (SSSR count). The van der Waals surface area contributed by atoms with Crippen molar-refractivity contribution in [2.75, 3.05) is 18.1 Å². The summed E-state index contributed by atoms with van der Waals surface area (Å²) >= 11 is 1.23. The first-order chi connectivity index (χ1) is 11.6. The van der Waals surface area contributed by atoms with E-state index in [1.807, 2.05) is 26.0 Å². The Morgan fingerprint density at radius 1 is 1.12 bits per heavy atom. The molecule has 0 saturated heterocycles. The molecule has 0 aliphatic rings. The van der Waals surface area contributed by atoms with Crippen molar-refractivity contribution in [2.45, 2.75) is 20.0 Å². The Bertz CT molecular complexity index is 832. The van der Waals surface area contributed by atoms with Crippen LogP contribution in [0.5, 0.6) is 5.75 Å². The van der Waals surface area contributed by atoms with Gasteiger partial charge in [-0.1, -0.05) is 0 Å². The van der Waals surface area contributed by atoms with Crippen molar-refractivity contribution < 1.29 is 4.74 Å². The van der Waals surface area contributed by atoms with Crippen molar-refractivity contribution in [1.82, 2.24) is 24.3 Å². The summed E-state index contributed by atoms with van der Waals surface area (Å²) in [5, 5.41) is 3.55. The van der Waals surface area contributed by atoms with Crippen LogP contribution in [0.1, 0.15) is 13.8 Å². The number of pyridine rings is 1. The molecule has 0 aliphatic carbocycles. The molecule has 0 saturated carbocycles. The fourth-order valence-corrected chi connectivity index (χ4v) is 2.60. The predicted molar refractivity (Wildman–Crippen MR) is 93.9 cm³/mol. The van der Waals surface area contributed by atoms with E-state index < -0.39 is 0 Å². The van der Waals surface area contributed by atoms with Gasteiger partial charge in [-0.3, -0.25) is 0 Å². The number of hydrogen-bond acceptors (Lipinski definition) is 9. The second-order valence-electron chi connectivity index (χ2n) is 5.21. The molecule has 0 bridgehead atoms. The van der Waals surface area contributed by atoms with E-state index in [2.05, 4.69) is 29.6 Å². The number of aromatic nitrogens is 5. The normalized spacial score (nSPS) is 10.8. The van der Waals surface area contributed by atoms with E-state index in [-0.39, 0.29) is 6.10 Å². The van der Waals surface area contributed by atoms with E-state index >= 15 is 0 Å². The highest BCUT2D eigenvalue weighted by Crippen LogP contribution is 2.26. The Hall–Kier alpha value is -2.81. The highest BCUT2D eigenvalue weighted by Gasteiger charge is 2.13. The zero-order valence-electron chi connectivity index (χ0n) is 13.5. The Morgan fingerprint density at radius 2 is 1.96 bits per heavy atom. The van der Waals surface area contributed by atoms with Crippen LogP contribution in [0.3, 0.4) is 0 Å². The minimum Gasteiger partial charge on any atom is -0.489 e. The van der Waals surface area contributed by atoms with Gasteiger partial charge < -0.3 is 15.8 Å². The van der Waals surface area contributed by atoms with Crippen molar-refractivity contribution in [3.05, 3.63) is 24.5 Å². The van der Waals surface area contributed by atoms with E-state index in [4.69, 9.17) is 10.5 Å². The molecule has 3 heterocycles. The van der Waals surface area contributed by atoms with E-state index in [9.17, 15) is 0 Å². The Kier molecular flexibility index (Phi) is 4.52. The van der Waals surface area contributed by atoms with Gasteiger partial charge in [0.25, 0.3) is 0 Å². The number of nitrogens with two attached hydrogens (primary N) is 1. The lowest BCUT2D eigenvalue weighted by Crippen LogP contribution is -2.05. The van der Waals surface area contributed by atoms with E-state index in [0.717, 1.165) is 0 Å². The summed E-state index contributed by atoms with van der Waals surface area (Å²) < 4.78 is 9.92. The lowest BCUT2D eigenvalue weighted by Gasteiger charge is -2.08. The van der Waals surface area contributed by atoms with E-state index in [1.165, 1.54) is 11.5 Å². The first kappa shape index (κ1) is 16.1. The molecule has 3 aromatic heterocycles. The highest BCUT2D eigenvalue weighted by molar-refractivity contribution is 7.09. The monoisotopic (exact) mass is 343 g/mol. The van der Waals surface area contributed by atoms with Crippen molar-refractivity contribution in [3.63, 3.8) is 0 Å². The van der Waals surface area contributed by atoms with Gasteiger partial charge in [-0.15, -0.1) is 0 Å². The third-order valence-electron chi connectivity index (χ3n) is 3.02. The van der Waals surface area contributed by atoms with Gasteiger partial charge in [0.15, 0.2) is 22.5 Å². The molecule has 9 heteroatoms. The maximum absolute atomic E-state index is 5.73.